The minimum atomic E-state index is -1.79. The maximum absolute atomic E-state index is 10.7. The Labute approximate surface area is 179 Å². The average Bonchev–Trinajstić information content (AvgIpc) is 2.79. The summed E-state index contributed by atoms with van der Waals surface area (Å²) in [5, 5.41) is 70.8. The van der Waals surface area contributed by atoms with Crippen molar-refractivity contribution in [1.82, 2.24) is 0 Å². The highest BCUT2D eigenvalue weighted by Crippen LogP contribution is 2.40. The molecule has 0 bridgehead atoms. The van der Waals surface area contributed by atoms with E-state index in [1.54, 1.807) is 37.3 Å². The lowest BCUT2D eigenvalue weighted by Gasteiger charge is -2.48. The van der Waals surface area contributed by atoms with Gasteiger partial charge in [0.1, 0.15) is 48.8 Å². The molecular weight excluding hydrogens is 416 g/mol. The van der Waals surface area contributed by atoms with Gasteiger partial charge in [0.2, 0.25) is 5.79 Å². The van der Waals surface area contributed by atoms with Crippen molar-refractivity contribution in [2.75, 3.05) is 19.8 Å². The molecule has 2 saturated heterocycles. The standard InChI is InChI=1S/C20H30O11/c1-2-29-20(10-6-4-3-5-7-10)18(27)16(25)14(23)12(31-20)9-28-19-17(26)15(24)13(22)11(8-21)30-19/h3-7,11-19,21-27H,2,8-9H2,1H3/t11-,12-,13-,14-,15+,16+,17-,18-,19-,20-/m1/s1. The number of ether oxygens (including phenoxy) is 4. The van der Waals surface area contributed by atoms with Crippen LogP contribution < -0.4 is 0 Å². The molecule has 31 heavy (non-hydrogen) atoms. The van der Waals surface area contributed by atoms with Crippen LogP contribution in [0.3, 0.4) is 0 Å². The molecule has 11 nitrogen and oxygen atoms in total. The van der Waals surface area contributed by atoms with Crippen molar-refractivity contribution < 1.29 is 54.7 Å². The van der Waals surface area contributed by atoms with Gasteiger partial charge >= 0.3 is 0 Å². The minimum Gasteiger partial charge on any atom is -0.394 e. The van der Waals surface area contributed by atoms with Crippen molar-refractivity contribution in [3.05, 3.63) is 35.9 Å². The van der Waals surface area contributed by atoms with Crippen LogP contribution in [0.5, 0.6) is 0 Å². The van der Waals surface area contributed by atoms with Crippen molar-refractivity contribution in [2.24, 2.45) is 0 Å². The molecule has 2 aliphatic rings. The summed E-state index contributed by atoms with van der Waals surface area (Å²) in [6, 6.07) is 8.42. The summed E-state index contributed by atoms with van der Waals surface area (Å²) in [5.41, 5.74) is 0.410. The summed E-state index contributed by atoms with van der Waals surface area (Å²) in [5.74, 6) is -1.79. The van der Waals surface area contributed by atoms with E-state index < -0.39 is 74.1 Å². The third-order valence-electron chi connectivity index (χ3n) is 5.58. The van der Waals surface area contributed by atoms with Gasteiger partial charge in [0.25, 0.3) is 0 Å². The van der Waals surface area contributed by atoms with Gasteiger partial charge in [-0.1, -0.05) is 30.3 Å². The van der Waals surface area contributed by atoms with Crippen LogP contribution in [-0.4, -0.2) is 111 Å². The van der Waals surface area contributed by atoms with Crippen molar-refractivity contribution in [3.63, 3.8) is 0 Å². The molecule has 0 amide bonds. The van der Waals surface area contributed by atoms with Crippen LogP contribution >= 0.6 is 0 Å². The Morgan fingerprint density at radius 1 is 0.871 bits per heavy atom. The lowest BCUT2D eigenvalue weighted by atomic mass is 9.88. The number of aliphatic hydroxyl groups excluding tert-OH is 7. The fourth-order valence-corrected chi connectivity index (χ4v) is 3.85. The molecule has 2 aliphatic heterocycles. The van der Waals surface area contributed by atoms with E-state index in [9.17, 15) is 35.7 Å². The third-order valence-corrected chi connectivity index (χ3v) is 5.58. The summed E-state index contributed by atoms with van der Waals surface area (Å²) in [4.78, 5) is 0. The number of aliphatic hydroxyl groups is 7. The Morgan fingerprint density at radius 2 is 1.52 bits per heavy atom. The van der Waals surface area contributed by atoms with E-state index in [1.165, 1.54) is 0 Å². The second-order valence-corrected chi connectivity index (χ2v) is 7.58. The Kier molecular flexibility index (Phi) is 8.00. The van der Waals surface area contributed by atoms with Crippen LogP contribution in [0.15, 0.2) is 30.3 Å². The van der Waals surface area contributed by atoms with Crippen molar-refractivity contribution in [3.8, 4) is 0 Å². The molecule has 0 radical (unpaired) electrons. The smallest absolute Gasteiger partial charge is 0.224 e. The average molecular weight is 446 g/mol. The number of benzene rings is 1. The second kappa shape index (κ2) is 10.1. The molecule has 7 N–H and O–H groups in total. The lowest BCUT2D eigenvalue weighted by molar-refractivity contribution is -0.381. The van der Waals surface area contributed by atoms with Gasteiger partial charge in [-0.25, -0.2) is 0 Å². The molecule has 0 spiro atoms. The first-order valence-corrected chi connectivity index (χ1v) is 10.1. The Bertz CT molecular complexity index is 689. The first-order chi connectivity index (χ1) is 14.8. The van der Waals surface area contributed by atoms with Gasteiger partial charge in [0.05, 0.1) is 13.2 Å². The predicted octanol–water partition coefficient (Wildman–Crippen LogP) is -2.83. The van der Waals surface area contributed by atoms with E-state index in [0.717, 1.165) is 0 Å². The van der Waals surface area contributed by atoms with Gasteiger partial charge in [-0.2, -0.15) is 0 Å². The van der Waals surface area contributed by atoms with E-state index >= 15 is 0 Å². The highest BCUT2D eigenvalue weighted by Gasteiger charge is 2.56. The lowest BCUT2D eigenvalue weighted by Crippen LogP contribution is -2.65. The maximum atomic E-state index is 10.7. The zero-order valence-electron chi connectivity index (χ0n) is 17.0. The van der Waals surface area contributed by atoms with Gasteiger partial charge in [-0.3, -0.25) is 0 Å². The predicted molar refractivity (Wildman–Crippen MR) is 102 cm³/mol. The molecule has 0 aliphatic carbocycles. The Hall–Kier alpha value is -1.22. The van der Waals surface area contributed by atoms with Crippen LogP contribution in [-0.2, 0) is 24.7 Å². The van der Waals surface area contributed by atoms with Gasteiger partial charge in [0, 0.05) is 12.2 Å². The van der Waals surface area contributed by atoms with Gasteiger partial charge in [0.15, 0.2) is 6.29 Å². The summed E-state index contributed by atoms with van der Waals surface area (Å²) < 4.78 is 22.4. The van der Waals surface area contributed by atoms with Crippen molar-refractivity contribution in [2.45, 2.75) is 67.8 Å². The van der Waals surface area contributed by atoms with Crippen LogP contribution in [0.2, 0.25) is 0 Å². The molecule has 0 aromatic heterocycles. The summed E-state index contributed by atoms with van der Waals surface area (Å²) in [6.07, 6.45) is -13.5. The van der Waals surface area contributed by atoms with E-state index in [2.05, 4.69) is 0 Å². The molecule has 2 heterocycles. The van der Waals surface area contributed by atoms with Crippen LogP contribution in [0.25, 0.3) is 0 Å². The number of hydrogen-bond acceptors (Lipinski definition) is 11. The molecular formula is C20H30O11. The van der Waals surface area contributed by atoms with E-state index in [4.69, 9.17) is 18.9 Å². The zero-order valence-corrected chi connectivity index (χ0v) is 17.0. The van der Waals surface area contributed by atoms with E-state index in [-0.39, 0.29) is 6.61 Å². The zero-order chi connectivity index (χ0) is 22.8. The topological polar surface area (TPSA) is 179 Å². The number of hydrogen-bond donors (Lipinski definition) is 7. The largest absolute Gasteiger partial charge is 0.394 e. The maximum Gasteiger partial charge on any atom is 0.224 e. The van der Waals surface area contributed by atoms with Gasteiger partial charge in [-0.15, -0.1) is 0 Å². The van der Waals surface area contributed by atoms with Crippen LogP contribution in [0, 0.1) is 0 Å². The third kappa shape index (κ3) is 4.63. The Morgan fingerprint density at radius 3 is 2.13 bits per heavy atom. The molecule has 0 unspecified atom stereocenters. The van der Waals surface area contributed by atoms with Gasteiger partial charge < -0.3 is 54.7 Å². The Balaban J connectivity index is 1.79. The monoisotopic (exact) mass is 446 g/mol. The minimum absolute atomic E-state index is 0.120. The molecule has 1 aromatic rings. The molecule has 1 aromatic carbocycles. The second-order valence-electron chi connectivity index (χ2n) is 7.58. The van der Waals surface area contributed by atoms with Gasteiger partial charge in [-0.05, 0) is 6.92 Å². The van der Waals surface area contributed by atoms with E-state index in [0.29, 0.717) is 5.56 Å². The first-order valence-electron chi connectivity index (χ1n) is 10.1. The van der Waals surface area contributed by atoms with E-state index in [1.807, 2.05) is 0 Å². The highest BCUT2D eigenvalue weighted by atomic mass is 16.7. The fourth-order valence-electron chi connectivity index (χ4n) is 3.85. The molecule has 11 heteroatoms. The SMILES string of the molecule is CCO[C@]1(c2ccccc2)O[C@H](CO[C@@H]2O[C@H](CO)[C@@H](O)[C@H](O)[C@H]2O)[C@@H](O)[C@H](O)[C@H]1O. The first kappa shape index (κ1) is 24.4. The van der Waals surface area contributed by atoms with Crippen LogP contribution in [0.4, 0.5) is 0 Å². The highest BCUT2D eigenvalue weighted by molar-refractivity contribution is 5.24. The quantitative estimate of drug-likeness (QED) is 0.230. The number of rotatable bonds is 7. The fraction of sp³-hybridized carbons (Fsp3) is 0.700. The molecule has 10 atom stereocenters. The molecule has 3 rings (SSSR count). The summed E-state index contributed by atoms with van der Waals surface area (Å²) >= 11 is 0. The molecule has 2 fully saturated rings. The normalized spacial score (nSPS) is 43.7. The molecule has 176 valence electrons. The van der Waals surface area contributed by atoms with Crippen molar-refractivity contribution >= 4 is 0 Å². The van der Waals surface area contributed by atoms with Crippen molar-refractivity contribution in [1.29, 1.82) is 0 Å². The molecule has 0 saturated carbocycles. The summed E-state index contributed by atoms with van der Waals surface area (Å²) in [6.45, 7) is 0.738. The van der Waals surface area contributed by atoms with Crippen LogP contribution in [0.1, 0.15) is 12.5 Å². The summed E-state index contributed by atoms with van der Waals surface area (Å²) in [7, 11) is 0.